The fourth-order valence-corrected chi connectivity index (χ4v) is 4.03. The number of aromatic nitrogens is 1. The number of amides is 1. The van der Waals surface area contributed by atoms with E-state index in [2.05, 4.69) is 32.2 Å². The molecule has 10 heteroatoms. The number of nitrogens with one attached hydrogen (secondary N) is 1. The van der Waals surface area contributed by atoms with Gasteiger partial charge in [0.25, 0.3) is 5.91 Å². The molecular weight excluding hydrogens is 473 g/mol. The molecule has 0 saturated carbocycles. The van der Waals surface area contributed by atoms with Gasteiger partial charge in [-0.3, -0.25) is 14.6 Å². The predicted octanol–water partition coefficient (Wildman–Crippen LogP) is 4.34. The number of hydrogen-bond donors (Lipinski definition) is 1. The minimum absolute atomic E-state index is 0.0404. The number of piperazine rings is 1. The van der Waals surface area contributed by atoms with E-state index in [1.165, 1.54) is 24.0 Å². The molecule has 1 aliphatic heterocycles. The fraction of sp³-hybridized carbons (Fsp3) is 0.385. The van der Waals surface area contributed by atoms with Crippen LogP contribution in [0.15, 0.2) is 59.2 Å². The predicted molar refractivity (Wildman–Crippen MR) is 127 cm³/mol. The van der Waals surface area contributed by atoms with Crippen LogP contribution in [0.1, 0.15) is 40.0 Å². The second-order valence-corrected chi connectivity index (χ2v) is 8.64. The van der Waals surface area contributed by atoms with Crippen LogP contribution < -0.4 is 10.1 Å². The second-order valence-electron chi connectivity index (χ2n) is 8.64. The third kappa shape index (κ3) is 7.08. The van der Waals surface area contributed by atoms with E-state index in [0.717, 1.165) is 50.6 Å². The van der Waals surface area contributed by atoms with Crippen LogP contribution in [0.3, 0.4) is 0 Å². The van der Waals surface area contributed by atoms with Crippen LogP contribution in [-0.4, -0.2) is 53.5 Å². The van der Waals surface area contributed by atoms with Gasteiger partial charge in [0, 0.05) is 39.3 Å². The molecule has 0 unspecified atom stereocenters. The maximum atomic E-state index is 12.9. The van der Waals surface area contributed by atoms with Gasteiger partial charge in [-0.1, -0.05) is 24.3 Å². The van der Waals surface area contributed by atoms with Crippen LogP contribution in [0, 0.1) is 0 Å². The molecule has 1 amide bonds. The van der Waals surface area contributed by atoms with Crippen molar-refractivity contribution in [2.75, 3.05) is 32.8 Å². The van der Waals surface area contributed by atoms with Gasteiger partial charge in [-0.15, -0.1) is 0 Å². The molecule has 0 atom stereocenters. The number of hydrogen-bond acceptors (Lipinski definition) is 6. The van der Waals surface area contributed by atoms with E-state index in [0.29, 0.717) is 24.6 Å². The Kier molecular flexibility index (Phi) is 8.27. The van der Waals surface area contributed by atoms with Gasteiger partial charge in [0.05, 0.1) is 18.7 Å². The Morgan fingerprint density at radius 3 is 2.39 bits per heavy atom. The molecule has 192 valence electrons. The van der Waals surface area contributed by atoms with Gasteiger partial charge in [-0.05, 0) is 42.3 Å². The number of benzene rings is 2. The Hall–Kier alpha value is -3.37. The van der Waals surface area contributed by atoms with Crippen LogP contribution in [0.25, 0.3) is 0 Å². The van der Waals surface area contributed by atoms with Crippen LogP contribution >= 0.6 is 0 Å². The van der Waals surface area contributed by atoms with Gasteiger partial charge in [-0.2, -0.15) is 13.2 Å². The molecule has 0 aliphatic carbocycles. The van der Waals surface area contributed by atoms with Crippen molar-refractivity contribution in [3.63, 3.8) is 0 Å². The summed E-state index contributed by atoms with van der Waals surface area (Å²) >= 11 is 0. The van der Waals surface area contributed by atoms with Gasteiger partial charge in [0.2, 0.25) is 5.89 Å². The highest BCUT2D eigenvalue weighted by Gasteiger charge is 2.30. The number of ether oxygens (including phenoxy) is 1. The summed E-state index contributed by atoms with van der Waals surface area (Å²) in [6.07, 6.45) is -3.15. The maximum absolute atomic E-state index is 12.9. The lowest BCUT2D eigenvalue weighted by molar-refractivity contribution is -0.137. The van der Waals surface area contributed by atoms with E-state index in [-0.39, 0.29) is 12.2 Å². The minimum Gasteiger partial charge on any atom is -0.494 e. The molecule has 2 aromatic carbocycles. The van der Waals surface area contributed by atoms with Crippen molar-refractivity contribution >= 4 is 5.91 Å². The molecule has 1 fully saturated rings. The first-order chi connectivity index (χ1) is 17.3. The van der Waals surface area contributed by atoms with Crippen molar-refractivity contribution in [2.24, 2.45) is 0 Å². The summed E-state index contributed by atoms with van der Waals surface area (Å²) in [6.45, 7) is 7.42. The van der Waals surface area contributed by atoms with Crippen molar-refractivity contribution < 1.29 is 27.1 Å². The van der Waals surface area contributed by atoms with Crippen LogP contribution in [-0.2, 0) is 25.8 Å². The zero-order valence-corrected chi connectivity index (χ0v) is 20.1. The van der Waals surface area contributed by atoms with Crippen LogP contribution in [0.5, 0.6) is 5.75 Å². The third-order valence-electron chi connectivity index (χ3n) is 5.96. The summed E-state index contributed by atoms with van der Waals surface area (Å²) in [6, 6.07) is 13.0. The highest BCUT2D eigenvalue weighted by Crippen LogP contribution is 2.29. The zero-order chi connectivity index (χ0) is 25.5. The maximum Gasteiger partial charge on any atom is 0.416 e. The van der Waals surface area contributed by atoms with Gasteiger partial charge in [-0.25, -0.2) is 4.98 Å². The first-order valence-electron chi connectivity index (χ1n) is 11.9. The standard InChI is InChI=1S/C26H29F3N4O3/c1-2-35-22-8-6-19(7-9-22)16-32-10-12-33(13-11-32)17-24-31-23(18-36-24)25(34)30-15-20-4-3-5-21(14-20)26(27,28)29/h3-9,14,18H,2,10-13,15-17H2,1H3,(H,30,34). The summed E-state index contributed by atoms with van der Waals surface area (Å²) in [4.78, 5) is 21.2. The van der Waals surface area contributed by atoms with Crippen molar-refractivity contribution in [2.45, 2.75) is 32.7 Å². The Balaban J connectivity index is 1.22. The Bertz CT molecular complexity index is 1140. The van der Waals surface area contributed by atoms with Crippen molar-refractivity contribution in [1.29, 1.82) is 0 Å². The molecule has 0 bridgehead atoms. The quantitative estimate of drug-likeness (QED) is 0.470. The molecule has 0 spiro atoms. The lowest BCUT2D eigenvalue weighted by Gasteiger charge is -2.34. The summed E-state index contributed by atoms with van der Waals surface area (Å²) in [5, 5.41) is 2.59. The topological polar surface area (TPSA) is 70.8 Å². The zero-order valence-electron chi connectivity index (χ0n) is 20.1. The van der Waals surface area contributed by atoms with E-state index in [1.54, 1.807) is 0 Å². The molecule has 4 rings (SSSR count). The molecule has 36 heavy (non-hydrogen) atoms. The van der Waals surface area contributed by atoms with Gasteiger partial charge in [0.15, 0.2) is 5.69 Å². The minimum atomic E-state index is -4.43. The van der Waals surface area contributed by atoms with Crippen LogP contribution in [0.2, 0.25) is 0 Å². The average molecular weight is 503 g/mol. The molecule has 1 saturated heterocycles. The largest absolute Gasteiger partial charge is 0.494 e. The molecule has 2 heterocycles. The summed E-state index contributed by atoms with van der Waals surface area (Å²) in [7, 11) is 0. The third-order valence-corrected chi connectivity index (χ3v) is 5.96. The molecule has 7 nitrogen and oxygen atoms in total. The van der Waals surface area contributed by atoms with E-state index in [4.69, 9.17) is 9.15 Å². The number of nitrogens with zero attached hydrogens (tertiary/aromatic N) is 3. The fourth-order valence-electron chi connectivity index (χ4n) is 4.03. The Morgan fingerprint density at radius 2 is 1.72 bits per heavy atom. The van der Waals surface area contributed by atoms with Crippen molar-refractivity contribution in [1.82, 2.24) is 20.1 Å². The molecular formula is C26H29F3N4O3. The lowest BCUT2D eigenvalue weighted by atomic mass is 10.1. The normalized spacial score (nSPS) is 15.1. The van der Waals surface area contributed by atoms with E-state index in [9.17, 15) is 18.0 Å². The SMILES string of the molecule is CCOc1ccc(CN2CCN(Cc3nc(C(=O)NCc4cccc(C(F)(F)F)c4)co3)CC2)cc1. The monoisotopic (exact) mass is 502 g/mol. The molecule has 3 aromatic rings. The van der Waals surface area contributed by atoms with Crippen molar-refractivity contribution in [3.05, 3.63) is 83.1 Å². The molecule has 0 radical (unpaired) electrons. The van der Waals surface area contributed by atoms with Gasteiger partial charge in [0.1, 0.15) is 12.0 Å². The second kappa shape index (κ2) is 11.6. The average Bonchev–Trinajstić information content (AvgIpc) is 3.33. The number of alkyl halides is 3. The summed E-state index contributed by atoms with van der Waals surface area (Å²) in [5.41, 5.74) is 0.939. The number of carbonyl (C=O) groups is 1. The number of rotatable bonds is 9. The van der Waals surface area contributed by atoms with E-state index < -0.39 is 17.6 Å². The van der Waals surface area contributed by atoms with Gasteiger partial charge < -0.3 is 14.5 Å². The van der Waals surface area contributed by atoms with Gasteiger partial charge >= 0.3 is 6.18 Å². The number of carbonyl (C=O) groups excluding carboxylic acids is 1. The first-order valence-corrected chi connectivity index (χ1v) is 11.9. The highest BCUT2D eigenvalue weighted by atomic mass is 19.4. The summed E-state index contributed by atoms with van der Waals surface area (Å²) < 4.78 is 49.5. The molecule has 1 N–H and O–H groups in total. The Labute approximate surface area is 207 Å². The lowest BCUT2D eigenvalue weighted by Crippen LogP contribution is -2.45. The Morgan fingerprint density at radius 1 is 1.03 bits per heavy atom. The summed E-state index contributed by atoms with van der Waals surface area (Å²) in [5.74, 6) is 0.808. The first kappa shape index (κ1) is 25.7. The highest BCUT2D eigenvalue weighted by molar-refractivity contribution is 5.91. The van der Waals surface area contributed by atoms with E-state index >= 15 is 0 Å². The molecule has 1 aliphatic rings. The van der Waals surface area contributed by atoms with E-state index in [1.807, 2.05) is 19.1 Å². The van der Waals surface area contributed by atoms with Crippen LogP contribution in [0.4, 0.5) is 13.2 Å². The van der Waals surface area contributed by atoms with Crippen molar-refractivity contribution in [3.8, 4) is 5.75 Å². The number of oxazole rings is 1. The number of halogens is 3. The molecule has 1 aromatic heterocycles. The smallest absolute Gasteiger partial charge is 0.416 e.